The number of hydrogen-bond donors (Lipinski definition) is 2. The maximum atomic E-state index is 11.3. The second kappa shape index (κ2) is 6.09. The third-order valence-corrected chi connectivity index (χ3v) is 3.04. The largest absolute Gasteiger partial charge is 0.381 e. The first-order valence-corrected chi connectivity index (χ1v) is 8.00. The van der Waals surface area contributed by atoms with Crippen LogP contribution >= 0.6 is 0 Å². The van der Waals surface area contributed by atoms with Crippen molar-refractivity contribution in [1.29, 1.82) is 0 Å². The molecular formula is C13H22N2O2S. The first kappa shape index (κ1) is 14.8. The molecule has 0 amide bonds. The zero-order chi connectivity index (χ0) is 13.8. The molecule has 0 fully saturated rings. The van der Waals surface area contributed by atoms with Crippen molar-refractivity contribution in [1.82, 2.24) is 0 Å². The van der Waals surface area contributed by atoms with E-state index in [0.29, 0.717) is 17.6 Å². The maximum Gasteiger partial charge on any atom is 0.229 e. The molecule has 0 aliphatic carbocycles. The average molecular weight is 270 g/mol. The normalized spacial score (nSPS) is 13.4. The van der Waals surface area contributed by atoms with E-state index < -0.39 is 10.0 Å². The first-order valence-electron chi connectivity index (χ1n) is 6.11. The Labute approximate surface area is 110 Å². The van der Waals surface area contributed by atoms with Crippen molar-refractivity contribution < 1.29 is 8.42 Å². The van der Waals surface area contributed by atoms with Crippen molar-refractivity contribution in [2.45, 2.75) is 33.2 Å². The predicted molar refractivity (Wildman–Crippen MR) is 77.4 cm³/mol. The van der Waals surface area contributed by atoms with E-state index in [1.54, 1.807) is 6.07 Å². The van der Waals surface area contributed by atoms with Gasteiger partial charge in [0.15, 0.2) is 0 Å². The summed E-state index contributed by atoms with van der Waals surface area (Å²) < 4.78 is 25.1. The van der Waals surface area contributed by atoms with Gasteiger partial charge in [-0.25, -0.2) is 8.42 Å². The average Bonchev–Trinajstić information content (AvgIpc) is 2.17. The molecular weight excluding hydrogens is 248 g/mol. The molecule has 0 aliphatic rings. The summed E-state index contributed by atoms with van der Waals surface area (Å²) in [7, 11) is -3.25. The Morgan fingerprint density at radius 1 is 1.11 bits per heavy atom. The van der Waals surface area contributed by atoms with Crippen LogP contribution < -0.4 is 10.0 Å². The number of sulfonamides is 1. The lowest BCUT2D eigenvalue weighted by molar-refractivity contribution is 0.540. The van der Waals surface area contributed by atoms with Crippen molar-refractivity contribution in [3.05, 3.63) is 24.3 Å². The minimum atomic E-state index is -3.25. The molecule has 5 heteroatoms. The molecule has 0 heterocycles. The highest BCUT2D eigenvalue weighted by atomic mass is 32.2. The van der Waals surface area contributed by atoms with Crippen LogP contribution in [0, 0.1) is 5.92 Å². The van der Waals surface area contributed by atoms with E-state index in [1.165, 1.54) is 0 Å². The Bertz CT molecular complexity index is 484. The van der Waals surface area contributed by atoms with Crippen LogP contribution in [0.25, 0.3) is 0 Å². The molecule has 2 N–H and O–H groups in total. The van der Waals surface area contributed by atoms with E-state index in [4.69, 9.17) is 0 Å². The molecule has 1 atom stereocenters. The van der Waals surface area contributed by atoms with Crippen molar-refractivity contribution in [3.8, 4) is 0 Å². The van der Waals surface area contributed by atoms with Crippen LogP contribution in [0.5, 0.6) is 0 Å². The van der Waals surface area contributed by atoms with Gasteiger partial charge in [-0.15, -0.1) is 0 Å². The summed E-state index contributed by atoms with van der Waals surface area (Å²) in [6.45, 7) is 6.43. The summed E-state index contributed by atoms with van der Waals surface area (Å²) in [5.74, 6) is 0.600. The summed E-state index contributed by atoms with van der Waals surface area (Å²) in [6, 6.07) is 7.63. The quantitative estimate of drug-likeness (QED) is 0.835. The van der Waals surface area contributed by atoms with E-state index in [-0.39, 0.29) is 0 Å². The zero-order valence-corrected chi connectivity index (χ0v) is 12.2. The van der Waals surface area contributed by atoms with Gasteiger partial charge in [-0.05, 0) is 31.4 Å². The van der Waals surface area contributed by atoms with Gasteiger partial charge in [0.05, 0.1) is 17.6 Å². The Hall–Kier alpha value is -1.23. The van der Waals surface area contributed by atoms with Gasteiger partial charge in [-0.2, -0.15) is 0 Å². The molecule has 4 nitrogen and oxygen atoms in total. The van der Waals surface area contributed by atoms with Gasteiger partial charge in [-0.3, -0.25) is 4.72 Å². The number of para-hydroxylation sites is 2. The van der Waals surface area contributed by atoms with Crippen molar-refractivity contribution >= 4 is 21.4 Å². The molecule has 0 saturated carbocycles. The van der Waals surface area contributed by atoms with Crippen LogP contribution in [-0.2, 0) is 10.0 Å². The molecule has 0 saturated heterocycles. The van der Waals surface area contributed by atoms with Gasteiger partial charge in [0, 0.05) is 6.04 Å². The second-order valence-electron chi connectivity index (χ2n) is 5.09. The van der Waals surface area contributed by atoms with E-state index in [2.05, 4.69) is 30.8 Å². The van der Waals surface area contributed by atoms with Gasteiger partial charge in [0.25, 0.3) is 0 Å². The van der Waals surface area contributed by atoms with Crippen molar-refractivity contribution in [3.63, 3.8) is 0 Å². The first-order chi connectivity index (χ1) is 8.28. The molecule has 1 aromatic carbocycles. The summed E-state index contributed by atoms with van der Waals surface area (Å²) in [5.41, 5.74) is 1.41. The number of anilines is 2. The Kier molecular flexibility index (Phi) is 5.02. The van der Waals surface area contributed by atoms with Crippen LogP contribution in [0.1, 0.15) is 27.2 Å². The van der Waals surface area contributed by atoms with E-state index >= 15 is 0 Å². The molecule has 0 bridgehead atoms. The minimum absolute atomic E-state index is 0.299. The lowest BCUT2D eigenvalue weighted by atomic mass is 10.0. The van der Waals surface area contributed by atoms with Crippen LogP contribution in [0.3, 0.4) is 0 Å². The second-order valence-corrected chi connectivity index (χ2v) is 6.84. The third-order valence-electron chi connectivity index (χ3n) is 2.45. The molecule has 0 aromatic heterocycles. The SMILES string of the molecule is CC(C)CC(C)Nc1ccccc1NS(C)(=O)=O. The van der Waals surface area contributed by atoms with Crippen LogP contribution in [0.15, 0.2) is 24.3 Å². The van der Waals surface area contributed by atoms with Crippen molar-refractivity contribution in [2.24, 2.45) is 5.92 Å². The highest BCUT2D eigenvalue weighted by Gasteiger charge is 2.10. The number of rotatable bonds is 6. The topological polar surface area (TPSA) is 58.2 Å². The van der Waals surface area contributed by atoms with Crippen LogP contribution in [0.4, 0.5) is 11.4 Å². The fourth-order valence-electron chi connectivity index (χ4n) is 1.93. The van der Waals surface area contributed by atoms with E-state index in [0.717, 1.165) is 18.4 Å². The van der Waals surface area contributed by atoms with Gasteiger partial charge in [0.1, 0.15) is 0 Å². The predicted octanol–water partition coefficient (Wildman–Crippen LogP) is 2.90. The molecule has 1 rings (SSSR count). The van der Waals surface area contributed by atoms with E-state index in [1.807, 2.05) is 18.2 Å². The number of benzene rings is 1. The zero-order valence-electron chi connectivity index (χ0n) is 11.4. The molecule has 0 aliphatic heterocycles. The fourth-order valence-corrected chi connectivity index (χ4v) is 2.51. The summed E-state index contributed by atoms with van der Waals surface area (Å²) in [5, 5.41) is 3.34. The summed E-state index contributed by atoms with van der Waals surface area (Å²) in [6.07, 6.45) is 2.19. The van der Waals surface area contributed by atoms with Gasteiger partial charge in [-0.1, -0.05) is 26.0 Å². The monoisotopic (exact) mass is 270 g/mol. The molecule has 0 radical (unpaired) electrons. The van der Waals surface area contributed by atoms with E-state index in [9.17, 15) is 8.42 Å². The molecule has 102 valence electrons. The smallest absolute Gasteiger partial charge is 0.229 e. The Balaban J connectivity index is 2.82. The highest BCUT2D eigenvalue weighted by molar-refractivity contribution is 7.92. The lowest BCUT2D eigenvalue weighted by Gasteiger charge is -2.19. The Morgan fingerprint density at radius 3 is 2.17 bits per heavy atom. The van der Waals surface area contributed by atoms with Gasteiger partial charge < -0.3 is 5.32 Å². The summed E-state index contributed by atoms with van der Waals surface area (Å²) >= 11 is 0. The number of nitrogens with one attached hydrogen (secondary N) is 2. The maximum absolute atomic E-state index is 11.3. The fraction of sp³-hybridized carbons (Fsp3) is 0.538. The van der Waals surface area contributed by atoms with Gasteiger partial charge >= 0.3 is 0 Å². The lowest BCUT2D eigenvalue weighted by Crippen LogP contribution is -2.19. The highest BCUT2D eigenvalue weighted by Crippen LogP contribution is 2.23. The molecule has 0 spiro atoms. The minimum Gasteiger partial charge on any atom is -0.381 e. The third kappa shape index (κ3) is 5.40. The number of hydrogen-bond acceptors (Lipinski definition) is 3. The summed E-state index contributed by atoms with van der Waals surface area (Å²) in [4.78, 5) is 0. The van der Waals surface area contributed by atoms with Crippen LogP contribution in [0.2, 0.25) is 0 Å². The van der Waals surface area contributed by atoms with Crippen LogP contribution in [-0.4, -0.2) is 20.7 Å². The standard InChI is InChI=1S/C13H22N2O2S/c1-10(2)9-11(3)14-12-7-5-6-8-13(12)15-18(4,16)17/h5-8,10-11,14-15H,9H2,1-4H3. The van der Waals surface area contributed by atoms with Crippen molar-refractivity contribution in [2.75, 3.05) is 16.3 Å². The van der Waals surface area contributed by atoms with Gasteiger partial charge in [0.2, 0.25) is 10.0 Å². The molecule has 1 unspecified atom stereocenters. The molecule has 1 aromatic rings. The Morgan fingerprint density at radius 2 is 1.67 bits per heavy atom. The molecule has 18 heavy (non-hydrogen) atoms.